The fraction of sp³-hybridized carbons (Fsp3) is 0.273. The molecule has 0 atom stereocenters. The smallest absolute Gasteiger partial charge is 0.352 e. The summed E-state index contributed by atoms with van der Waals surface area (Å²) in [7, 11) is 4.87. The number of halogens is 1. The van der Waals surface area contributed by atoms with E-state index < -0.39 is 6.03 Å². The number of carbonyl (C=O) groups is 1. The highest BCUT2D eigenvalue weighted by Gasteiger charge is 2.20. The highest BCUT2D eigenvalue weighted by molar-refractivity contribution is 9.10. The number of methoxy groups -OCH3 is 1. The molecule has 170 valence electrons. The molecule has 32 heavy (non-hydrogen) atoms. The predicted octanol–water partition coefficient (Wildman–Crippen LogP) is 3.66. The summed E-state index contributed by atoms with van der Waals surface area (Å²) in [5, 5.41) is 6.48. The van der Waals surface area contributed by atoms with E-state index in [0.717, 1.165) is 42.4 Å². The molecule has 3 aromatic rings. The largest absolute Gasteiger partial charge is 0.489 e. The Balaban J connectivity index is 1.85. The fourth-order valence-electron chi connectivity index (χ4n) is 3.37. The van der Waals surface area contributed by atoms with Crippen LogP contribution in [-0.4, -0.2) is 35.0 Å². The van der Waals surface area contributed by atoms with E-state index >= 15 is 0 Å². The zero-order valence-electron chi connectivity index (χ0n) is 18.7. The van der Waals surface area contributed by atoms with E-state index in [1.54, 1.807) is 17.9 Å². The number of anilines is 1. The number of rotatable bonds is 6. The van der Waals surface area contributed by atoms with E-state index in [1.807, 2.05) is 51.2 Å². The monoisotopic (exact) mass is 502 g/mol. The van der Waals surface area contributed by atoms with Crippen molar-refractivity contribution in [2.45, 2.75) is 20.5 Å². The molecule has 9 nitrogen and oxygen atoms in total. The maximum atomic E-state index is 12.2. The molecule has 2 aromatic carbocycles. The Hall–Kier alpha value is -3.08. The highest BCUT2D eigenvalue weighted by atomic mass is 79.9. The van der Waals surface area contributed by atoms with Crippen LogP contribution in [-0.2, 0) is 13.7 Å². The molecule has 0 aliphatic rings. The second-order valence-corrected chi connectivity index (χ2v) is 8.19. The number of amides is 2. The lowest BCUT2D eigenvalue weighted by atomic mass is 10.1. The minimum Gasteiger partial charge on any atom is -0.489 e. The Morgan fingerprint density at radius 2 is 1.91 bits per heavy atom. The molecular weight excluding hydrogens is 476 g/mol. The molecule has 1 aromatic heterocycles. The lowest BCUT2D eigenvalue weighted by Crippen LogP contribution is -2.49. The number of carbonyl (C=O) groups excluding carboxylic acids is 1. The van der Waals surface area contributed by atoms with Crippen molar-refractivity contribution in [3.8, 4) is 22.9 Å². The van der Waals surface area contributed by atoms with Gasteiger partial charge in [0.2, 0.25) is 5.88 Å². The molecule has 0 saturated heterocycles. The minimum atomic E-state index is -0.534. The molecule has 0 aliphatic heterocycles. The first-order chi connectivity index (χ1) is 15.1. The fourth-order valence-corrected chi connectivity index (χ4v) is 4.10. The number of nitrogens with two attached hydrogens (primary N) is 2. The number of hydrogen-bond acceptors (Lipinski definition) is 6. The van der Waals surface area contributed by atoms with Gasteiger partial charge in [-0.05, 0) is 65.2 Å². The summed E-state index contributed by atoms with van der Waals surface area (Å²) in [6.45, 7) is 4.14. The van der Waals surface area contributed by atoms with Crippen LogP contribution in [0.3, 0.4) is 0 Å². The molecule has 1 heterocycles. The van der Waals surface area contributed by atoms with E-state index in [2.05, 4.69) is 21.0 Å². The number of urea groups is 1. The van der Waals surface area contributed by atoms with Gasteiger partial charge < -0.3 is 9.47 Å². The Morgan fingerprint density at radius 1 is 1.19 bits per heavy atom. The Morgan fingerprint density at radius 3 is 2.50 bits per heavy atom. The van der Waals surface area contributed by atoms with Gasteiger partial charge >= 0.3 is 6.03 Å². The molecule has 0 radical (unpaired) electrons. The number of benzene rings is 2. The molecule has 0 saturated carbocycles. The molecule has 4 N–H and O–H groups in total. The van der Waals surface area contributed by atoms with Gasteiger partial charge in [0.25, 0.3) is 0 Å². The quantitative estimate of drug-likeness (QED) is 0.302. The van der Waals surface area contributed by atoms with Crippen molar-refractivity contribution in [1.82, 2.24) is 14.8 Å². The number of hydrogen-bond donors (Lipinski definition) is 2. The number of hydrazine groups is 2. The molecule has 0 unspecified atom stereocenters. The van der Waals surface area contributed by atoms with Crippen molar-refractivity contribution in [1.29, 1.82) is 0 Å². The Kier molecular flexibility index (Phi) is 7.07. The standard InChI is InChI=1S/C22H27BrN6O3/c1-13-7-6-8-17(29(25)22(30)27(3)24)16(13)12-32-18-10-9-15(11-14(18)2)20-19(23)21(31-5)28(4)26-20/h6-11H,12,24-25H2,1-5H3. The summed E-state index contributed by atoms with van der Waals surface area (Å²) in [6, 6.07) is 10.8. The van der Waals surface area contributed by atoms with Crippen molar-refractivity contribution < 1.29 is 14.3 Å². The van der Waals surface area contributed by atoms with Crippen LogP contribution in [0.25, 0.3) is 11.3 Å². The zero-order valence-corrected chi connectivity index (χ0v) is 20.3. The average molecular weight is 503 g/mol. The van der Waals surface area contributed by atoms with Crippen LogP contribution in [0.1, 0.15) is 16.7 Å². The van der Waals surface area contributed by atoms with Gasteiger partial charge in [-0.1, -0.05) is 12.1 Å². The van der Waals surface area contributed by atoms with Gasteiger partial charge in [-0.2, -0.15) is 5.10 Å². The van der Waals surface area contributed by atoms with Gasteiger partial charge in [0.15, 0.2) is 0 Å². The van der Waals surface area contributed by atoms with Crippen LogP contribution < -0.4 is 26.2 Å². The second kappa shape index (κ2) is 9.60. The van der Waals surface area contributed by atoms with Crippen molar-refractivity contribution >= 4 is 27.6 Å². The second-order valence-electron chi connectivity index (χ2n) is 7.40. The van der Waals surface area contributed by atoms with Crippen LogP contribution >= 0.6 is 15.9 Å². The number of ether oxygens (including phenoxy) is 2. The lowest BCUT2D eigenvalue weighted by molar-refractivity contribution is 0.216. The predicted molar refractivity (Wildman–Crippen MR) is 127 cm³/mol. The maximum Gasteiger partial charge on any atom is 0.352 e. The summed E-state index contributed by atoms with van der Waals surface area (Å²) in [6.07, 6.45) is 0. The highest BCUT2D eigenvalue weighted by Crippen LogP contribution is 2.36. The number of aryl methyl sites for hydroxylation is 3. The van der Waals surface area contributed by atoms with Gasteiger partial charge in [0, 0.05) is 25.2 Å². The van der Waals surface area contributed by atoms with E-state index in [-0.39, 0.29) is 6.61 Å². The summed E-state index contributed by atoms with van der Waals surface area (Å²) in [4.78, 5) is 12.2. The molecule has 0 fully saturated rings. The van der Waals surface area contributed by atoms with Crippen LogP contribution in [0.15, 0.2) is 40.9 Å². The van der Waals surface area contributed by atoms with Crippen LogP contribution in [0.4, 0.5) is 10.5 Å². The minimum absolute atomic E-state index is 0.235. The van der Waals surface area contributed by atoms with Crippen molar-refractivity contribution in [2.75, 3.05) is 19.2 Å². The topological polar surface area (TPSA) is 112 Å². The van der Waals surface area contributed by atoms with Crippen molar-refractivity contribution in [2.24, 2.45) is 18.7 Å². The van der Waals surface area contributed by atoms with Crippen LogP contribution in [0.2, 0.25) is 0 Å². The van der Waals surface area contributed by atoms with E-state index in [4.69, 9.17) is 21.2 Å². The number of aromatic nitrogens is 2. The first-order valence-electron chi connectivity index (χ1n) is 9.81. The summed E-state index contributed by atoms with van der Waals surface area (Å²) >= 11 is 3.56. The first-order valence-corrected chi connectivity index (χ1v) is 10.6. The van der Waals surface area contributed by atoms with Crippen molar-refractivity contribution in [3.05, 3.63) is 57.6 Å². The summed E-state index contributed by atoms with van der Waals surface area (Å²) < 4.78 is 13.9. The molecule has 0 bridgehead atoms. The average Bonchev–Trinajstić information content (AvgIpc) is 3.05. The molecule has 0 spiro atoms. The van der Waals surface area contributed by atoms with E-state index in [9.17, 15) is 4.79 Å². The van der Waals surface area contributed by atoms with Crippen molar-refractivity contribution in [3.63, 3.8) is 0 Å². The number of nitrogens with zero attached hydrogens (tertiary/aromatic N) is 4. The van der Waals surface area contributed by atoms with Gasteiger partial charge in [-0.3, -0.25) is 5.01 Å². The van der Waals surface area contributed by atoms with Gasteiger partial charge in [0.05, 0.1) is 12.8 Å². The molecular formula is C22H27BrN6O3. The van der Waals surface area contributed by atoms with E-state index in [1.165, 1.54) is 7.05 Å². The third kappa shape index (κ3) is 4.57. The summed E-state index contributed by atoms with van der Waals surface area (Å²) in [5.41, 5.74) is 4.93. The van der Waals surface area contributed by atoms with Crippen LogP contribution in [0, 0.1) is 13.8 Å². The SMILES string of the molecule is COc1c(Br)c(-c2ccc(OCc3c(C)cccc3N(N)C(=O)N(C)N)c(C)c2)nn1C. The summed E-state index contributed by atoms with van der Waals surface area (Å²) in [5.74, 6) is 12.9. The van der Waals surface area contributed by atoms with Gasteiger partial charge in [-0.25, -0.2) is 26.2 Å². The molecule has 2 amide bonds. The van der Waals surface area contributed by atoms with Crippen LogP contribution in [0.5, 0.6) is 11.6 Å². The molecule has 10 heteroatoms. The molecule has 0 aliphatic carbocycles. The third-order valence-corrected chi connectivity index (χ3v) is 5.82. The normalized spacial score (nSPS) is 10.8. The maximum absolute atomic E-state index is 12.2. The van der Waals surface area contributed by atoms with Gasteiger partial charge in [-0.15, -0.1) is 0 Å². The van der Waals surface area contributed by atoms with E-state index in [0.29, 0.717) is 17.3 Å². The Bertz CT molecular complexity index is 1140. The zero-order chi connectivity index (χ0) is 23.6. The molecule has 3 rings (SSSR count). The Labute approximate surface area is 195 Å². The van der Waals surface area contributed by atoms with Gasteiger partial charge in [0.1, 0.15) is 22.5 Å². The third-order valence-electron chi connectivity index (χ3n) is 5.11. The lowest BCUT2D eigenvalue weighted by Gasteiger charge is -2.24. The first kappa shape index (κ1) is 23.6.